The Kier molecular flexibility index (Phi) is 5.58. The molecule has 2 rings (SSSR count). The molecule has 0 saturated heterocycles. The molecule has 0 bridgehead atoms. The molecule has 5 nitrogen and oxygen atoms in total. The molecule has 6 heteroatoms. The molecular formula is C16H24N2O3S. The van der Waals surface area contributed by atoms with Gasteiger partial charge in [0.2, 0.25) is 15.9 Å². The highest BCUT2D eigenvalue weighted by atomic mass is 32.2. The summed E-state index contributed by atoms with van der Waals surface area (Å²) in [5.41, 5.74) is 0.988. The van der Waals surface area contributed by atoms with Crippen molar-refractivity contribution in [1.29, 1.82) is 0 Å². The Morgan fingerprint density at radius 3 is 2.32 bits per heavy atom. The van der Waals surface area contributed by atoms with Gasteiger partial charge >= 0.3 is 0 Å². The van der Waals surface area contributed by atoms with Crippen LogP contribution in [0.15, 0.2) is 29.2 Å². The van der Waals surface area contributed by atoms with Crippen LogP contribution in [0.1, 0.15) is 44.6 Å². The van der Waals surface area contributed by atoms with Crippen LogP contribution in [0.25, 0.3) is 0 Å². The second kappa shape index (κ2) is 7.24. The summed E-state index contributed by atoms with van der Waals surface area (Å²) in [5.74, 6) is -0.261. The van der Waals surface area contributed by atoms with Crippen LogP contribution in [0.4, 0.5) is 0 Å². The molecule has 122 valence electrons. The first-order valence-corrected chi connectivity index (χ1v) is 9.26. The van der Waals surface area contributed by atoms with Crippen LogP contribution in [-0.4, -0.2) is 26.4 Å². The molecule has 1 aliphatic carbocycles. The third-order valence-electron chi connectivity index (χ3n) is 4.01. The molecule has 1 fully saturated rings. The average Bonchev–Trinajstić information content (AvgIpc) is 2.48. The third-order valence-corrected chi connectivity index (χ3v) is 5.56. The van der Waals surface area contributed by atoms with Crippen LogP contribution in [0.5, 0.6) is 0 Å². The first-order chi connectivity index (χ1) is 10.4. The normalized spacial score (nSPS) is 17.9. The standard InChI is InChI=1S/C16H24N2O3S/c1-12-8-10-15(11-9-12)22(20,21)18-13(2)16(19)17-14-6-4-3-5-7-14/h8-11,13-14,18H,3-7H2,1-2H3,(H,17,19)/t13-/m0/s1. The van der Waals surface area contributed by atoms with E-state index in [0.29, 0.717) is 0 Å². The highest BCUT2D eigenvalue weighted by Gasteiger charge is 2.24. The van der Waals surface area contributed by atoms with Gasteiger partial charge in [0.05, 0.1) is 10.9 Å². The van der Waals surface area contributed by atoms with Crippen molar-refractivity contribution in [3.05, 3.63) is 29.8 Å². The van der Waals surface area contributed by atoms with E-state index in [1.165, 1.54) is 6.42 Å². The van der Waals surface area contributed by atoms with E-state index in [1.807, 2.05) is 6.92 Å². The van der Waals surface area contributed by atoms with Crippen LogP contribution in [0, 0.1) is 6.92 Å². The monoisotopic (exact) mass is 324 g/mol. The fraction of sp³-hybridized carbons (Fsp3) is 0.562. The second-order valence-corrected chi connectivity index (χ2v) is 7.71. The summed E-state index contributed by atoms with van der Waals surface area (Å²) in [7, 11) is -3.67. The highest BCUT2D eigenvalue weighted by Crippen LogP contribution is 2.17. The Balaban J connectivity index is 1.95. The lowest BCUT2D eigenvalue weighted by molar-refractivity contribution is -0.123. The van der Waals surface area contributed by atoms with Gasteiger partial charge in [0, 0.05) is 6.04 Å². The van der Waals surface area contributed by atoms with E-state index in [9.17, 15) is 13.2 Å². The number of carbonyl (C=O) groups excluding carboxylic acids is 1. The molecule has 0 radical (unpaired) electrons. The molecule has 1 amide bonds. The van der Waals surface area contributed by atoms with Crippen molar-refractivity contribution in [3.63, 3.8) is 0 Å². The van der Waals surface area contributed by atoms with E-state index >= 15 is 0 Å². The third kappa shape index (κ3) is 4.55. The number of carbonyl (C=O) groups is 1. The van der Waals surface area contributed by atoms with E-state index < -0.39 is 16.1 Å². The van der Waals surface area contributed by atoms with Gasteiger partial charge in [-0.1, -0.05) is 37.0 Å². The van der Waals surface area contributed by atoms with Crippen LogP contribution < -0.4 is 10.0 Å². The SMILES string of the molecule is Cc1ccc(S(=O)(=O)N[C@@H](C)C(=O)NC2CCCCC2)cc1. The van der Waals surface area contributed by atoms with Gasteiger partial charge in [-0.05, 0) is 38.8 Å². The Bertz CT molecular complexity index is 605. The van der Waals surface area contributed by atoms with Gasteiger partial charge in [-0.25, -0.2) is 8.42 Å². The van der Waals surface area contributed by atoms with Crippen LogP contribution in [0.3, 0.4) is 0 Å². The largest absolute Gasteiger partial charge is 0.352 e. The lowest BCUT2D eigenvalue weighted by atomic mass is 9.95. The first-order valence-electron chi connectivity index (χ1n) is 7.78. The molecule has 1 saturated carbocycles. The summed E-state index contributed by atoms with van der Waals surface area (Å²) in [5, 5.41) is 2.94. The smallest absolute Gasteiger partial charge is 0.241 e. The lowest BCUT2D eigenvalue weighted by Crippen LogP contribution is -2.48. The Hall–Kier alpha value is -1.40. The number of sulfonamides is 1. The lowest BCUT2D eigenvalue weighted by Gasteiger charge is -2.24. The Labute approximate surface area is 132 Å². The van der Waals surface area contributed by atoms with Crippen LogP contribution in [0.2, 0.25) is 0 Å². The van der Waals surface area contributed by atoms with E-state index in [2.05, 4.69) is 10.0 Å². The second-order valence-electron chi connectivity index (χ2n) is 6.00. The van der Waals surface area contributed by atoms with E-state index in [1.54, 1.807) is 31.2 Å². The number of rotatable bonds is 5. The molecule has 2 N–H and O–H groups in total. The van der Waals surface area contributed by atoms with Gasteiger partial charge < -0.3 is 5.32 Å². The summed E-state index contributed by atoms with van der Waals surface area (Å²) >= 11 is 0. The molecule has 22 heavy (non-hydrogen) atoms. The zero-order valence-corrected chi connectivity index (χ0v) is 13.9. The average molecular weight is 324 g/mol. The maximum Gasteiger partial charge on any atom is 0.241 e. The zero-order valence-electron chi connectivity index (χ0n) is 13.1. The predicted molar refractivity (Wildman–Crippen MR) is 86.0 cm³/mol. The maximum absolute atomic E-state index is 12.3. The first kappa shape index (κ1) is 17.0. The molecule has 1 atom stereocenters. The van der Waals surface area contributed by atoms with Crippen molar-refractivity contribution in [3.8, 4) is 0 Å². The predicted octanol–water partition coefficient (Wildman–Crippen LogP) is 2.11. The molecule has 0 heterocycles. The van der Waals surface area contributed by atoms with Crippen molar-refractivity contribution in [1.82, 2.24) is 10.0 Å². The Morgan fingerprint density at radius 2 is 1.73 bits per heavy atom. The van der Waals surface area contributed by atoms with Crippen molar-refractivity contribution in [2.45, 2.75) is 62.9 Å². The van der Waals surface area contributed by atoms with Crippen LogP contribution in [-0.2, 0) is 14.8 Å². The number of amides is 1. The van der Waals surface area contributed by atoms with E-state index in [4.69, 9.17) is 0 Å². The topological polar surface area (TPSA) is 75.3 Å². The molecule has 0 aromatic heterocycles. The number of hydrogen-bond acceptors (Lipinski definition) is 3. The number of benzene rings is 1. The molecule has 0 aliphatic heterocycles. The Morgan fingerprint density at radius 1 is 1.14 bits per heavy atom. The fourth-order valence-electron chi connectivity index (χ4n) is 2.64. The van der Waals surface area contributed by atoms with Crippen molar-refractivity contribution in [2.24, 2.45) is 0 Å². The van der Waals surface area contributed by atoms with Gasteiger partial charge in [-0.15, -0.1) is 0 Å². The number of nitrogens with one attached hydrogen (secondary N) is 2. The maximum atomic E-state index is 12.3. The van der Waals surface area contributed by atoms with Gasteiger partial charge in [-0.3, -0.25) is 4.79 Å². The van der Waals surface area contributed by atoms with Crippen molar-refractivity contribution >= 4 is 15.9 Å². The zero-order chi connectivity index (χ0) is 16.2. The minimum atomic E-state index is -3.67. The van der Waals surface area contributed by atoms with Gasteiger partial charge in [-0.2, -0.15) is 4.72 Å². The summed E-state index contributed by atoms with van der Waals surface area (Å²) in [6.07, 6.45) is 5.40. The number of hydrogen-bond donors (Lipinski definition) is 2. The minimum Gasteiger partial charge on any atom is -0.352 e. The molecule has 1 aromatic rings. The molecule has 0 unspecified atom stereocenters. The van der Waals surface area contributed by atoms with Crippen LogP contribution >= 0.6 is 0 Å². The van der Waals surface area contributed by atoms with Crippen molar-refractivity contribution in [2.75, 3.05) is 0 Å². The molecule has 1 aliphatic rings. The van der Waals surface area contributed by atoms with Gasteiger partial charge in [0.1, 0.15) is 0 Å². The summed E-state index contributed by atoms with van der Waals surface area (Å²) < 4.78 is 27.0. The minimum absolute atomic E-state index is 0.174. The van der Waals surface area contributed by atoms with Crippen molar-refractivity contribution < 1.29 is 13.2 Å². The quantitative estimate of drug-likeness (QED) is 0.871. The van der Waals surface area contributed by atoms with Gasteiger partial charge in [0.15, 0.2) is 0 Å². The molecule has 0 spiro atoms. The number of aryl methyl sites for hydroxylation is 1. The summed E-state index contributed by atoms with van der Waals surface area (Å²) in [6, 6.07) is 5.95. The summed E-state index contributed by atoms with van der Waals surface area (Å²) in [4.78, 5) is 12.3. The van der Waals surface area contributed by atoms with E-state index in [-0.39, 0.29) is 16.8 Å². The fourth-order valence-corrected chi connectivity index (χ4v) is 3.85. The highest BCUT2D eigenvalue weighted by molar-refractivity contribution is 7.89. The summed E-state index contributed by atoms with van der Waals surface area (Å²) in [6.45, 7) is 3.47. The van der Waals surface area contributed by atoms with Gasteiger partial charge in [0.25, 0.3) is 0 Å². The van der Waals surface area contributed by atoms with E-state index in [0.717, 1.165) is 31.2 Å². The molecule has 1 aromatic carbocycles. The molecular weight excluding hydrogens is 300 g/mol.